The lowest BCUT2D eigenvalue weighted by atomic mass is 9.77. The summed E-state index contributed by atoms with van der Waals surface area (Å²) in [4.78, 5) is 27.6. The number of hydrogen-bond acceptors (Lipinski definition) is 3. The van der Waals surface area contributed by atoms with E-state index in [4.69, 9.17) is 4.74 Å². The van der Waals surface area contributed by atoms with Crippen molar-refractivity contribution in [2.24, 2.45) is 11.8 Å². The van der Waals surface area contributed by atoms with Crippen LogP contribution in [0.3, 0.4) is 0 Å². The molecule has 130 valence electrons. The minimum atomic E-state index is -0.593. The largest absolute Gasteiger partial charge is 0.360 e. The van der Waals surface area contributed by atoms with Gasteiger partial charge in [0.15, 0.2) is 0 Å². The van der Waals surface area contributed by atoms with Gasteiger partial charge in [-0.3, -0.25) is 9.59 Å². The van der Waals surface area contributed by atoms with Crippen LogP contribution in [0.15, 0.2) is 42.5 Å². The molecule has 1 aliphatic carbocycles. The summed E-state index contributed by atoms with van der Waals surface area (Å²) in [6.45, 7) is 1.23. The Bertz CT molecular complexity index is 743. The van der Waals surface area contributed by atoms with E-state index in [-0.39, 0.29) is 29.8 Å². The number of likely N-dealkylation sites (tertiary alicyclic amines) is 1. The number of carbonyl (C=O) groups excluding carboxylic acids is 2. The number of nitrogens with zero attached hydrogens (tertiary/aromatic N) is 1. The molecular formula is C20H22N2O3. The van der Waals surface area contributed by atoms with Gasteiger partial charge in [0.2, 0.25) is 11.8 Å². The number of fused-ring (bicyclic) bond motifs is 1. The molecule has 4 atom stereocenters. The molecule has 0 unspecified atom stereocenters. The van der Waals surface area contributed by atoms with Crippen molar-refractivity contribution in [3.8, 4) is 0 Å². The molecule has 5 nitrogen and oxygen atoms in total. The summed E-state index contributed by atoms with van der Waals surface area (Å²) < 4.78 is 6.14. The summed E-state index contributed by atoms with van der Waals surface area (Å²) >= 11 is 0. The lowest BCUT2D eigenvalue weighted by Gasteiger charge is -2.23. The Balaban J connectivity index is 1.33. The maximum Gasteiger partial charge on any atom is 0.230 e. The molecule has 1 N–H and O–H groups in total. The quantitative estimate of drug-likeness (QED) is 0.823. The molecule has 1 spiro atoms. The van der Waals surface area contributed by atoms with Gasteiger partial charge in [0.25, 0.3) is 0 Å². The summed E-state index contributed by atoms with van der Waals surface area (Å²) in [7, 11) is 0. The van der Waals surface area contributed by atoms with E-state index in [1.165, 1.54) is 5.56 Å². The molecule has 1 aromatic carbocycles. The van der Waals surface area contributed by atoms with Gasteiger partial charge in [0.05, 0.1) is 24.5 Å². The summed E-state index contributed by atoms with van der Waals surface area (Å²) in [6.07, 6.45) is 6.66. The average molecular weight is 338 g/mol. The van der Waals surface area contributed by atoms with Crippen LogP contribution in [0.2, 0.25) is 0 Å². The lowest BCUT2D eigenvalue weighted by molar-refractivity contribution is -0.137. The summed E-state index contributed by atoms with van der Waals surface area (Å²) in [6, 6.07) is 10.5. The molecule has 25 heavy (non-hydrogen) atoms. The predicted octanol–water partition coefficient (Wildman–Crippen LogP) is 1.29. The third kappa shape index (κ3) is 2.41. The van der Waals surface area contributed by atoms with Crippen molar-refractivity contribution >= 4 is 11.8 Å². The summed E-state index contributed by atoms with van der Waals surface area (Å²) in [5, 5.41) is 3.06. The van der Waals surface area contributed by atoms with Crippen molar-refractivity contribution in [2.75, 3.05) is 13.1 Å². The molecule has 3 aliphatic heterocycles. The Kier molecular flexibility index (Phi) is 3.29. The molecule has 4 aliphatic rings. The first-order chi connectivity index (χ1) is 12.2. The van der Waals surface area contributed by atoms with Crippen LogP contribution in [-0.2, 0) is 20.7 Å². The first-order valence-electron chi connectivity index (χ1n) is 9.17. The van der Waals surface area contributed by atoms with Crippen LogP contribution in [-0.4, -0.2) is 47.6 Å². The van der Waals surface area contributed by atoms with E-state index >= 15 is 0 Å². The zero-order chi connectivity index (χ0) is 17.0. The number of benzene rings is 1. The second kappa shape index (κ2) is 5.43. The van der Waals surface area contributed by atoms with Crippen molar-refractivity contribution in [3.05, 3.63) is 48.0 Å². The molecule has 0 aromatic heterocycles. The maximum atomic E-state index is 13.0. The Morgan fingerprint density at radius 1 is 1.28 bits per heavy atom. The van der Waals surface area contributed by atoms with Crippen LogP contribution in [0.1, 0.15) is 18.4 Å². The SMILES string of the molecule is O=C(NC1CC1)[C@H]1[C@H]2C(=O)N(CCc3ccccc3)C[C@]23C=C[C@H]1O3. The van der Waals surface area contributed by atoms with Gasteiger partial charge in [0, 0.05) is 12.6 Å². The minimum absolute atomic E-state index is 0.0121. The van der Waals surface area contributed by atoms with Crippen LogP contribution in [0.4, 0.5) is 0 Å². The summed E-state index contributed by atoms with van der Waals surface area (Å²) in [5.74, 6) is -0.683. The van der Waals surface area contributed by atoms with Gasteiger partial charge in [-0.1, -0.05) is 42.5 Å². The molecule has 2 bridgehead atoms. The fraction of sp³-hybridized carbons (Fsp3) is 0.500. The Hall–Kier alpha value is -2.14. The van der Waals surface area contributed by atoms with Crippen LogP contribution in [0.5, 0.6) is 0 Å². The first-order valence-corrected chi connectivity index (χ1v) is 9.17. The number of nitrogens with one attached hydrogen (secondary N) is 1. The molecule has 3 heterocycles. The Morgan fingerprint density at radius 2 is 2.08 bits per heavy atom. The van der Waals surface area contributed by atoms with Crippen LogP contribution in [0, 0.1) is 11.8 Å². The molecule has 1 aromatic rings. The second-order valence-electron chi connectivity index (χ2n) is 7.68. The fourth-order valence-corrected chi connectivity index (χ4v) is 4.50. The summed E-state index contributed by atoms with van der Waals surface area (Å²) in [5.41, 5.74) is 0.623. The molecule has 0 radical (unpaired) electrons. The molecular weight excluding hydrogens is 316 g/mol. The molecule has 2 amide bonds. The van der Waals surface area contributed by atoms with E-state index in [1.54, 1.807) is 0 Å². The van der Waals surface area contributed by atoms with E-state index in [1.807, 2.05) is 35.3 Å². The van der Waals surface area contributed by atoms with E-state index in [0.717, 1.165) is 19.3 Å². The van der Waals surface area contributed by atoms with Gasteiger partial charge < -0.3 is 15.0 Å². The zero-order valence-electron chi connectivity index (χ0n) is 14.1. The minimum Gasteiger partial charge on any atom is -0.360 e. The van der Waals surface area contributed by atoms with Gasteiger partial charge in [-0.25, -0.2) is 0 Å². The van der Waals surface area contributed by atoms with Crippen molar-refractivity contribution in [1.82, 2.24) is 10.2 Å². The van der Waals surface area contributed by atoms with Crippen molar-refractivity contribution < 1.29 is 14.3 Å². The topological polar surface area (TPSA) is 58.6 Å². The van der Waals surface area contributed by atoms with Gasteiger partial charge >= 0.3 is 0 Å². The number of hydrogen-bond donors (Lipinski definition) is 1. The van der Waals surface area contributed by atoms with E-state index in [9.17, 15) is 9.59 Å². The molecule has 2 saturated heterocycles. The highest BCUT2D eigenvalue weighted by molar-refractivity contribution is 5.93. The lowest BCUT2D eigenvalue weighted by Crippen LogP contribution is -2.44. The highest BCUT2D eigenvalue weighted by atomic mass is 16.5. The van der Waals surface area contributed by atoms with Gasteiger partial charge in [-0.05, 0) is 24.8 Å². The third-order valence-electron chi connectivity index (χ3n) is 5.92. The number of amides is 2. The third-order valence-corrected chi connectivity index (χ3v) is 5.92. The van der Waals surface area contributed by atoms with Crippen LogP contribution in [0.25, 0.3) is 0 Å². The maximum absolute atomic E-state index is 13.0. The number of ether oxygens (including phenoxy) is 1. The standard InChI is InChI=1S/C20H22N2O3/c23-18(21-14-6-7-14)16-15-8-10-20(25-15)12-22(19(24)17(16)20)11-9-13-4-2-1-3-5-13/h1-5,8,10,14-17H,6-7,9,11-12H2,(H,21,23)/t15-,16-,17+,20-/m1/s1. The van der Waals surface area contributed by atoms with E-state index in [0.29, 0.717) is 19.1 Å². The first kappa shape index (κ1) is 15.1. The number of rotatable bonds is 5. The molecule has 1 saturated carbocycles. The smallest absolute Gasteiger partial charge is 0.230 e. The highest BCUT2D eigenvalue weighted by Crippen LogP contribution is 2.52. The highest BCUT2D eigenvalue weighted by Gasteiger charge is 2.66. The van der Waals surface area contributed by atoms with Gasteiger partial charge in [-0.2, -0.15) is 0 Å². The van der Waals surface area contributed by atoms with Crippen LogP contribution >= 0.6 is 0 Å². The van der Waals surface area contributed by atoms with Gasteiger partial charge in [0.1, 0.15) is 5.60 Å². The Morgan fingerprint density at radius 3 is 2.84 bits per heavy atom. The number of carbonyl (C=O) groups is 2. The molecule has 5 heteroatoms. The predicted molar refractivity (Wildman–Crippen MR) is 91.6 cm³/mol. The van der Waals surface area contributed by atoms with Crippen LogP contribution < -0.4 is 5.32 Å². The van der Waals surface area contributed by atoms with Gasteiger partial charge in [-0.15, -0.1) is 0 Å². The second-order valence-corrected chi connectivity index (χ2v) is 7.68. The van der Waals surface area contributed by atoms with Crippen molar-refractivity contribution in [2.45, 2.75) is 37.0 Å². The van der Waals surface area contributed by atoms with Crippen molar-refractivity contribution in [3.63, 3.8) is 0 Å². The zero-order valence-corrected chi connectivity index (χ0v) is 14.1. The van der Waals surface area contributed by atoms with Crippen molar-refractivity contribution in [1.29, 1.82) is 0 Å². The Labute approximate surface area is 147 Å². The average Bonchev–Trinajstić information content (AvgIpc) is 3.16. The normalized spacial score (nSPS) is 35.3. The molecule has 5 rings (SSSR count). The fourth-order valence-electron chi connectivity index (χ4n) is 4.50. The monoisotopic (exact) mass is 338 g/mol. The van der Waals surface area contributed by atoms with E-state index in [2.05, 4.69) is 17.4 Å². The van der Waals surface area contributed by atoms with E-state index < -0.39 is 5.60 Å². The molecule has 3 fully saturated rings.